The summed E-state index contributed by atoms with van der Waals surface area (Å²) in [6.07, 6.45) is 0. The Hall–Kier alpha value is -3.26. The number of rotatable bonds is 1. The third kappa shape index (κ3) is 1.97. The number of para-hydroxylation sites is 2. The first kappa shape index (κ1) is 14.1. The highest BCUT2D eigenvalue weighted by atomic mass is 16.3. The van der Waals surface area contributed by atoms with Crippen LogP contribution in [0.25, 0.3) is 38.3 Å². The van der Waals surface area contributed by atoms with Gasteiger partial charge >= 0.3 is 0 Å². The average molecular weight is 323 g/mol. The molecule has 5 aromatic rings. The van der Waals surface area contributed by atoms with Crippen molar-refractivity contribution in [1.29, 1.82) is 0 Å². The zero-order valence-corrected chi connectivity index (χ0v) is 13.9. The molecule has 5 rings (SSSR count). The molecule has 0 saturated carbocycles. The van der Waals surface area contributed by atoms with Gasteiger partial charge in [0.25, 0.3) is 0 Å². The molecule has 4 aromatic carbocycles. The van der Waals surface area contributed by atoms with Crippen LogP contribution in [0.4, 0.5) is 0 Å². The van der Waals surface area contributed by atoms with E-state index < -0.39 is 0 Å². The van der Waals surface area contributed by atoms with Crippen LogP contribution in [-0.4, -0.2) is 9.67 Å². The largest absolute Gasteiger partial charge is 0.508 e. The molecule has 1 heterocycles. The van der Waals surface area contributed by atoms with Gasteiger partial charge in [0.05, 0.1) is 11.0 Å². The fourth-order valence-corrected chi connectivity index (χ4v) is 3.85. The molecule has 0 aliphatic carbocycles. The number of benzene rings is 4. The number of phenols is 1. The van der Waals surface area contributed by atoms with E-state index in [1.165, 1.54) is 27.5 Å². The summed E-state index contributed by atoms with van der Waals surface area (Å²) in [5, 5.41) is 14.6. The van der Waals surface area contributed by atoms with E-state index in [1.54, 1.807) is 6.07 Å². The molecular weight excluding hydrogens is 306 g/mol. The highest BCUT2D eigenvalue weighted by molar-refractivity contribution is 6.21. The summed E-state index contributed by atoms with van der Waals surface area (Å²) >= 11 is 0. The summed E-state index contributed by atoms with van der Waals surface area (Å²) in [5.41, 5.74) is 4.77. The Kier molecular flexibility index (Phi) is 2.89. The Morgan fingerprint density at radius 2 is 1.48 bits per heavy atom. The van der Waals surface area contributed by atoms with Gasteiger partial charge in [-0.1, -0.05) is 48.5 Å². The molecule has 0 aliphatic heterocycles. The molecule has 2 heteroatoms. The summed E-state index contributed by atoms with van der Waals surface area (Å²) in [5.74, 6) is 0.299. The molecule has 1 N–H and O–H groups in total. The van der Waals surface area contributed by atoms with Crippen LogP contribution < -0.4 is 0 Å². The molecule has 0 saturated heterocycles. The number of hydrogen-bond acceptors (Lipinski definition) is 1. The van der Waals surface area contributed by atoms with Crippen molar-refractivity contribution in [3.05, 3.63) is 84.4 Å². The molecule has 0 atom stereocenters. The molecule has 0 unspecified atom stereocenters. The number of hydrogen-bond donors (Lipinski definition) is 1. The summed E-state index contributed by atoms with van der Waals surface area (Å²) in [6, 6.07) is 26.8. The van der Waals surface area contributed by atoms with Crippen molar-refractivity contribution in [3.8, 4) is 11.4 Å². The fraction of sp³-hybridized carbons (Fsp3) is 0.0435. The highest BCUT2D eigenvalue weighted by Crippen LogP contribution is 2.38. The van der Waals surface area contributed by atoms with Crippen LogP contribution in [-0.2, 0) is 0 Å². The third-order valence-corrected chi connectivity index (χ3v) is 4.99. The van der Waals surface area contributed by atoms with E-state index >= 15 is 0 Å². The van der Waals surface area contributed by atoms with Crippen LogP contribution >= 0.6 is 0 Å². The second-order valence-electron chi connectivity index (χ2n) is 6.50. The van der Waals surface area contributed by atoms with E-state index in [9.17, 15) is 5.11 Å². The fourth-order valence-electron chi connectivity index (χ4n) is 3.85. The minimum Gasteiger partial charge on any atom is -0.508 e. The summed E-state index contributed by atoms with van der Waals surface area (Å²) < 4.78 is 2.32. The van der Waals surface area contributed by atoms with E-state index in [0.29, 0.717) is 5.75 Å². The van der Waals surface area contributed by atoms with Crippen molar-refractivity contribution in [3.63, 3.8) is 0 Å². The number of aromatic nitrogens is 1. The first-order valence-corrected chi connectivity index (χ1v) is 8.45. The molecule has 25 heavy (non-hydrogen) atoms. The first-order chi connectivity index (χ1) is 12.2. The Balaban J connectivity index is 2.06. The van der Waals surface area contributed by atoms with Crippen LogP contribution in [0.3, 0.4) is 0 Å². The van der Waals surface area contributed by atoms with Crippen LogP contribution in [0.1, 0.15) is 5.56 Å². The van der Waals surface area contributed by atoms with E-state index in [-0.39, 0.29) is 0 Å². The number of fused-ring (bicyclic) bond motifs is 5. The normalized spacial score (nSPS) is 11.6. The Labute approximate surface area is 145 Å². The topological polar surface area (TPSA) is 25.2 Å². The van der Waals surface area contributed by atoms with Gasteiger partial charge in [0.1, 0.15) is 5.75 Å². The van der Waals surface area contributed by atoms with E-state index in [2.05, 4.69) is 72.2 Å². The molecule has 1 aromatic heterocycles. The molecule has 0 bridgehead atoms. The summed E-state index contributed by atoms with van der Waals surface area (Å²) in [6.45, 7) is 2.14. The van der Waals surface area contributed by atoms with Crippen molar-refractivity contribution >= 4 is 32.6 Å². The van der Waals surface area contributed by atoms with Crippen LogP contribution in [0.2, 0.25) is 0 Å². The van der Waals surface area contributed by atoms with Gasteiger partial charge in [-0.15, -0.1) is 0 Å². The van der Waals surface area contributed by atoms with Crippen LogP contribution in [0.15, 0.2) is 78.9 Å². The monoisotopic (exact) mass is 323 g/mol. The van der Waals surface area contributed by atoms with Gasteiger partial charge in [0.2, 0.25) is 0 Å². The lowest BCUT2D eigenvalue weighted by Gasteiger charge is -2.11. The van der Waals surface area contributed by atoms with Crippen molar-refractivity contribution in [2.45, 2.75) is 6.92 Å². The van der Waals surface area contributed by atoms with Crippen molar-refractivity contribution < 1.29 is 5.11 Å². The van der Waals surface area contributed by atoms with Crippen LogP contribution in [0, 0.1) is 6.92 Å². The minimum atomic E-state index is 0.299. The van der Waals surface area contributed by atoms with Crippen molar-refractivity contribution in [2.75, 3.05) is 0 Å². The van der Waals surface area contributed by atoms with Gasteiger partial charge in [-0.25, -0.2) is 0 Å². The summed E-state index contributed by atoms with van der Waals surface area (Å²) in [7, 11) is 0. The van der Waals surface area contributed by atoms with Gasteiger partial charge in [-0.05, 0) is 53.6 Å². The van der Waals surface area contributed by atoms with E-state index in [0.717, 1.165) is 16.3 Å². The Bertz CT molecular complexity index is 1260. The average Bonchev–Trinajstić information content (AvgIpc) is 2.97. The zero-order chi connectivity index (χ0) is 17.0. The van der Waals surface area contributed by atoms with Crippen LogP contribution in [0.5, 0.6) is 5.75 Å². The number of phenolic OH excluding ortho intramolecular Hbond substituents is 1. The maximum absolute atomic E-state index is 10.0. The highest BCUT2D eigenvalue weighted by Gasteiger charge is 2.15. The zero-order valence-electron chi connectivity index (χ0n) is 13.9. The molecule has 0 radical (unpaired) electrons. The lowest BCUT2D eigenvalue weighted by molar-refractivity contribution is 0.476. The second kappa shape index (κ2) is 5.12. The Morgan fingerprint density at radius 3 is 2.36 bits per heavy atom. The SMILES string of the molecule is Cc1ccccc1-n1c2ccccc2c2c3cc(O)ccc3ccc21. The molecule has 120 valence electrons. The quantitative estimate of drug-likeness (QED) is 0.405. The number of aryl methyl sites for hydroxylation is 1. The molecule has 0 spiro atoms. The maximum atomic E-state index is 10.0. The predicted molar refractivity (Wildman–Crippen MR) is 105 cm³/mol. The van der Waals surface area contributed by atoms with E-state index in [4.69, 9.17) is 0 Å². The van der Waals surface area contributed by atoms with Gasteiger partial charge in [-0.3, -0.25) is 0 Å². The number of nitrogens with zero attached hydrogens (tertiary/aromatic N) is 1. The lowest BCUT2D eigenvalue weighted by Crippen LogP contribution is -1.96. The summed E-state index contributed by atoms with van der Waals surface area (Å²) in [4.78, 5) is 0. The Morgan fingerprint density at radius 1 is 0.720 bits per heavy atom. The first-order valence-electron chi connectivity index (χ1n) is 8.45. The van der Waals surface area contributed by atoms with Gasteiger partial charge in [0.15, 0.2) is 0 Å². The predicted octanol–water partition coefficient (Wildman–Crippen LogP) is 5.95. The molecular formula is C23H17NO. The molecule has 0 fully saturated rings. The van der Waals surface area contributed by atoms with Crippen molar-refractivity contribution in [1.82, 2.24) is 4.57 Å². The van der Waals surface area contributed by atoms with E-state index in [1.807, 2.05) is 12.1 Å². The van der Waals surface area contributed by atoms with Gasteiger partial charge in [-0.2, -0.15) is 0 Å². The van der Waals surface area contributed by atoms with Crippen molar-refractivity contribution in [2.24, 2.45) is 0 Å². The second-order valence-corrected chi connectivity index (χ2v) is 6.50. The minimum absolute atomic E-state index is 0.299. The molecule has 2 nitrogen and oxygen atoms in total. The van der Waals surface area contributed by atoms with Gasteiger partial charge < -0.3 is 9.67 Å². The maximum Gasteiger partial charge on any atom is 0.116 e. The standard InChI is InChI=1S/C23H17NO/c1-15-6-2-4-8-20(15)24-21-9-5-3-7-18(21)23-19-14-17(25)12-10-16(19)11-13-22(23)24/h2-14,25H,1H3. The smallest absolute Gasteiger partial charge is 0.116 e. The molecule has 0 aliphatic rings. The third-order valence-electron chi connectivity index (χ3n) is 4.99. The lowest BCUT2D eigenvalue weighted by atomic mass is 10.0. The molecule has 0 amide bonds. The van der Waals surface area contributed by atoms with Gasteiger partial charge in [0, 0.05) is 16.5 Å². The number of aromatic hydroxyl groups is 1.